The van der Waals surface area contributed by atoms with Gasteiger partial charge in [-0.15, -0.1) is 0 Å². The Morgan fingerprint density at radius 3 is 1.22 bits per heavy atom. The van der Waals surface area contributed by atoms with Crippen molar-refractivity contribution in [3.05, 3.63) is 0 Å². The third-order valence-electron chi connectivity index (χ3n) is 7.79. The second-order valence-corrected chi connectivity index (χ2v) is 11.0. The molecule has 0 spiro atoms. The Hall–Kier alpha value is -1.43. The van der Waals surface area contributed by atoms with Crippen molar-refractivity contribution in [1.29, 1.82) is 0 Å². The van der Waals surface area contributed by atoms with Crippen molar-refractivity contribution < 1.29 is 19.5 Å². The molecule has 6 nitrogen and oxygen atoms in total. The summed E-state index contributed by atoms with van der Waals surface area (Å²) in [6.45, 7) is 7.07. The molecule has 1 atom stereocenters. The number of aliphatic carboxylic acids is 1. The van der Waals surface area contributed by atoms with Crippen LogP contribution in [0.15, 0.2) is 0 Å². The largest absolute Gasteiger partial charge is 0.481 e. The first-order valence-electron chi connectivity index (χ1n) is 15.6. The molecule has 37 heavy (non-hydrogen) atoms. The Balaban J connectivity index is 4.77. The summed E-state index contributed by atoms with van der Waals surface area (Å²) in [5.41, 5.74) is 4.29. The maximum Gasteiger partial charge on any atom is 0.303 e. The number of rotatable bonds is 28. The van der Waals surface area contributed by atoms with Gasteiger partial charge >= 0.3 is 5.97 Å². The number of ketones is 1. The van der Waals surface area contributed by atoms with Gasteiger partial charge in [0.2, 0.25) is 5.91 Å². The molecule has 0 fully saturated rings. The number of Topliss-reactive ketones (excluding diaryl/α,β-unsaturated/α-hetero) is 1. The van der Waals surface area contributed by atoms with E-state index in [4.69, 9.17) is 5.73 Å². The summed E-state index contributed by atoms with van der Waals surface area (Å²) in [6, 6.07) is 0. The molecule has 0 aromatic rings. The number of amides is 1. The smallest absolute Gasteiger partial charge is 0.303 e. The van der Waals surface area contributed by atoms with Gasteiger partial charge in [0.1, 0.15) is 0 Å². The van der Waals surface area contributed by atoms with Crippen LogP contribution in [0.3, 0.4) is 0 Å². The summed E-state index contributed by atoms with van der Waals surface area (Å²) in [4.78, 5) is 38.7. The van der Waals surface area contributed by atoms with Crippen LogP contribution in [0.2, 0.25) is 0 Å². The van der Waals surface area contributed by atoms with Crippen LogP contribution >= 0.6 is 0 Å². The van der Waals surface area contributed by atoms with E-state index in [0.29, 0.717) is 13.1 Å². The zero-order chi connectivity index (χ0) is 27.8. The molecule has 0 saturated carbocycles. The van der Waals surface area contributed by atoms with Gasteiger partial charge in [0.15, 0.2) is 11.3 Å². The number of carbonyl (C=O) groups excluding carboxylic acids is 2. The molecule has 218 valence electrons. The third-order valence-corrected chi connectivity index (χ3v) is 7.79. The van der Waals surface area contributed by atoms with Gasteiger partial charge in [0.05, 0.1) is 0 Å². The number of nitrogens with two attached hydrogens (primary N) is 1. The van der Waals surface area contributed by atoms with Gasteiger partial charge < -0.3 is 10.8 Å². The van der Waals surface area contributed by atoms with Crippen molar-refractivity contribution in [2.45, 2.75) is 168 Å². The Kier molecular flexibility index (Phi) is 22.8. The molecule has 0 heterocycles. The molecular weight excluding hydrogens is 464 g/mol. The molecule has 0 radical (unpaired) electrons. The first-order chi connectivity index (χ1) is 17.8. The van der Waals surface area contributed by atoms with Gasteiger partial charge in [-0.3, -0.25) is 19.3 Å². The number of nitrogens with zero attached hydrogens (tertiary/aromatic N) is 1. The van der Waals surface area contributed by atoms with Gasteiger partial charge in [-0.1, -0.05) is 129 Å². The van der Waals surface area contributed by atoms with Crippen molar-refractivity contribution >= 4 is 17.7 Å². The summed E-state index contributed by atoms with van der Waals surface area (Å²) in [5.74, 6) is -2.05. The lowest BCUT2D eigenvalue weighted by Crippen LogP contribution is -2.62. The zero-order valence-corrected chi connectivity index (χ0v) is 24.7. The van der Waals surface area contributed by atoms with E-state index >= 15 is 0 Å². The highest BCUT2D eigenvalue weighted by molar-refractivity contribution is 6.09. The van der Waals surface area contributed by atoms with E-state index in [1.54, 1.807) is 0 Å². The first-order valence-corrected chi connectivity index (χ1v) is 15.6. The van der Waals surface area contributed by atoms with E-state index in [-0.39, 0.29) is 18.6 Å². The SMILES string of the molecule is CCCCCCCCCCCCN(CCCCCCCCCCCC)[C@@](CCC(=O)O)(C(C)=O)C(N)=O. The standard InChI is InChI=1S/C31H60N2O4/c1-4-6-8-10-12-14-16-18-20-22-26-33(27-23-21-19-17-15-13-11-9-7-5-2)31(28(3)34,30(32)37)25-24-29(35)36/h4-27H2,1-3H3,(H2,32,37)(H,35,36)/t31-/m0/s1. The lowest BCUT2D eigenvalue weighted by Gasteiger charge is -2.40. The summed E-state index contributed by atoms with van der Waals surface area (Å²) < 4.78 is 0. The quantitative estimate of drug-likeness (QED) is 0.0803. The Morgan fingerprint density at radius 1 is 0.622 bits per heavy atom. The van der Waals surface area contributed by atoms with Crippen LogP contribution in [0.1, 0.15) is 162 Å². The fourth-order valence-electron chi connectivity index (χ4n) is 5.37. The molecule has 6 heteroatoms. The second-order valence-electron chi connectivity index (χ2n) is 11.0. The van der Waals surface area contributed by atoms with Gasteiger partial charge in [-0.2, -0.15) is 0 Å². The highest BCUT2D eigenvalue weighted by atomic mass is 16.4. The monoisotopic (exact) mass is 524 g/mol. The first kappa shape index (κ1) is 35.6. The maximum atomic E-state index is 12.8. The molecule has 0 rings (SSSR count). The topological polar surface area (TPSA) is 101 Å². The Morgan fingerprint density at radius 2 is 0.946 bits per heavy atom. The van der Waals surface area contributed by atoms with E-state index in [0.717, 1.165) is 38.5 Å². The fourth-order valence-corrected chi connectivity index (χ4v) is 5.37. The summed E-state index contributed by atoms with van der Waals surface area (Å²) in [5, 5.41) is 9.27. The van der Waals surface area contributed by atoms with Gasteiger partial charge in [-0.25, -0.2) is 0 Å². The van der Waals surface area contributed by atoms with Crippen LogP contribution in [0.5, 0.6) is 0 Å². The lowest BCUT2D eigenvalue weighted by atomic mass is 9.85. The zero-order valence-electron chi connectivity index (χ0n) is 24.7. The molecule has 0 bridgehead atoms. The maximum absolute atomic E-state index is 12.8. The molecule has 0 saturated heterocycles. The molecular formula is C31H60N2O4. The predicted octanol–water partition coefficient (Wildman–Crippen LogP) is 7.81. The molecule has 0 unspecified atom stereocenters. The number of hydrogen-bond acceptors (Lipinski definition) is 4. The minimum Gasteiger partial charge on any atom is -0.481 e. The average Bonchev–Trinajstić information content (AvgIpc) is 2.85. The fraction of sp³-hybridized carbons (Fsp3) is 0.903. The summed E-state index contributed by atoms with van der Waals surface area (Å²) in [6.07, 6.45) is 24.0. The number of hydrogen-bond donors (Lipinski definition) is 2. The molecule has 0 aliphatic heterocycles. The molecule has 0 aliphatic rings. The number of carboxylic acids is 1. The number of carbonyl (C=O) groups is 3. The minimum atomic E-state index is -1.52. The normalized spacial score (nSPS) is 13.1. The van der Waals surface area contributed by atoms with E-state index in [1.165, 1.54) is 96.8 Å². The average molecular weight is 525 g/mol. The minimum absolute atomic E-state index is 0.0531. The molecule has 0 aromatic heterocycles. The van der Waals surface area contributed by atoms with E-state index in [1.807, 2.05) is 4.90 Å². The van der Waals surface area contributed by atoms with Crippen molar-refractivity contribution in [3.8, 4) is 0 Å². The van der Waals surface area contributed by atoms with Gasteiger partial charge in [-0.05, 0) is 39.3 Å². The second kappa shape index (κ2) is 23.7. The molecule has 0 aliphatic carbocycles. The number of carboxylic acid groups (broad SMARTS) is 1. The summed E-state index contributed by atoms with van der Waals surface area (Å²) >= 11 is 0. The van der Waals surface area contributed by atoms with Crippen molar-refractivity contribution in [1.82, 2.24) is 4.90 Å². The van der Waals surface area contributed by atoms with Crippen LogP contribution < -0.4 is 5.73 Å². The molecule has 0 aromatic carbocycles. The predicted molar refractivity (Wildman–Crippen MR) is 155 cm³/mol. The van der Waals surface area contributed by atoms with Gasteiger partial charge in [0, 0.05) is 6.42 Å². The van der Waals surface area contributed by atoms with E-state index < -0.39 is 17.4 Å². The van der Waals surface area contributed by atoms with Crippen molar-refractivity contribution in [3.63, 3.8) is 0 Å². The van der Waals surface area contributed by atoms with E-state index in [9.17, 15) is 19.5 Å². The Labute approximate surface area is 228 Å². The highest BCUT2D eigenvalue weighted by Gasteiger charge is 2.46. The van der Waals surface area contributed by atoms with Crippen LogP contribution in [0.4, 0.5) is 0 Å². The van der Waals surface area contributed by atoms with Crippen molar-refractivity contribution in [2.24, 2.45) is 5.73 Å². The number of primary amides is 1. The third kappa shape index (κ3) is 16.9. The number of unbranched alkanes of at least 4 members (excludes halogenated alkanes) is 18. The van der Waals surface area contributed by atoms with Crippen LogP contribution in [-0.2, 0) is 14.4 Å². The molecule has 3 N–H and O–H groups in total. The van der Waals surface area contributed by atoms with Crippen LogP contribution in [-0.4, -0.2) is 46.3 Å². The Bertz CT molecular complexity index is 556. The summed E-state index contributed by atoms with van der Waals surface area (Å²) in [7, 11) is 0. The lowest BCUT2D eigenvalue weighted by molar-refractivity contribution is -0.145. The van der Waals surface area contributed by atoms with Crippen molar-refractivity contribution in [2.75, 3.05) is 13.1 Å². The molecule has 1 amide bonds. The van der Waals surface area contributed by atoms with E-state index in [2.05, 4.69) is 13.8 Å². The highest BCUT2D eigenvalue weighted by Crippen LogP contribution is 2.26. The van der Waals surface area contributed by atoms with Crippen LogP contribution in [0, 0.1) is 0 Å². The van der Waals surface area contributed by atoms with Crippen LogP contribution in [0.25, 0.3) is 0 Å². The van der Waals surface area contributed by atoms with Gasteiger partial charge in [0.25, 0.3) is 0 Å².